The van der Waals surface area contributed by atoms with Gasteiger partial charge in [0.25, 0.3) is 5.56 Å². The van der Waals surface area contributed by atoms with Crippen molar-refractivity contribution in [2.75, 3.05) is 5.75 Å². The first-order chi connectivity index (χ1) is 13.0. The minimum absolute atomic E-state index is 0.173. The van der Waals surface area contributed by atoms with Gasteiger partial charge in [0.1, 0.15) is 11.0 Å². The SMILES string of the molecule is CC(O)CSc1nnc(-n2cnc3cc(-c4ccc(Cl)cc4)sc3c2=O)s1. The molecule has 1 N–H and O–H groups in total. The second-order valence-corrected chi connectivity index (χ2v) is 9.47. The molecular weight excluding hydrogens is 424 g/mol. The Balaban J connectivity index is 1.70. The Morgan fingerprint density at radius 3 is 2.78 bits per heavy atom. The average Bonchev–Trinajstić information content (AvgIpc) is 3.28. The molecule has 4 aromatic rings. The molecule has 1 aromatic carbocycles. The molecule has 27 heavy (non-hydrogen) atoms. The van der Waals surface area contributed by atoms with E-state index in [-0.39, 0.29) is 5.56 Å². The number of nitrogens with zero attached hydrogens (tertiary/aromatic N) is 4. The van der Waals surface area contributed by atoms with E-state index < -0.39 is 6.10 Å². The lowest BCUT2D eigenvalue weighted by Crippen LogP contribution is -2.17. The smallest absolute Gasteiger partial charge is 0.277 e. The number of aliphatic hydroxyl groups is 1. The summed E-state index contributed by atoms with van der Waals surface area (Å²) in [4.78, 5) is 18.3. The van der Waals surface area contributed by atoms with E-state index >= 15 is 0 Å². The monoisotopic (exact) mass is 436 g/mol. The lowest BCUT2D eigenvalue weighted by atomic mass is 10.2. The fourth-order valence-electron chi connectivity index (χ4n) is 2.36. The van der Waals surface area contributed by atoms with Crippen molar-refractivity contribution in [2.24, 2.45) is 0 Å². The van der Waals surface area contributed by atoms with Gasteiger partial charge in [-0.1, -0.05) is 46.8 Å². The first-order valence-electron chi connectivity index (χ1n) is 7.93. The van der Waals surface area contributed by atoms with E-state index in [1.165, 1.54) is 45.3 Å². The predicted molar refractivity (Wildman–Crippen MR) is 112 cm³/mol. The average molecular weight is 437 g/mol. The summed E-state index contributed by atoms with van der Waals surface area (Å²) in [5, 5.41) is 18.7. The second kappa shape index (κ2) is 7.69. The first kappa shape index (κ1) is 18.6. The fourth-order valence-corrected chi connectivity index (χ4v) is 5.22. The molecule has 0 spiro atoms. The van der Waals surface area contributed by atoms with Crippen molar-refractivity contribution >= 4 is 56.3 Å². The van der Waals surface area contributed by atoms with Crippen LogP contribution in [0.25, 0.3) is 25.8 Å². The quantitative estimate of drug-likeness (QED) is 0.474. The van der Waals surface area contributed by atoms with Gasteiger partial charge >= 0.3 is 0 Å². The van der Waals surface area contributed by atoms with Gasteiger partial charge in [0, 0.05) is 15.7 Å². The summed E-state index contributed by atoms with van der Waals surface area (Å²) in [6, 6.07) is 9.38. The number of benzene rings is 1. The third kappa shape index (κ3) is 3.92. The minimum Gasteiger partial charge on any atom is -0.393 e. The molecule has 138 valence electrons. The van der Waals surface area contributed by atoms with E-state index in [4.69, 9.17) is 11.6 Å². The lowest BCUT2D eigenvalue weighted by molar-refractivity contribution is 0.220. The van der Waals surface area contributed by atoms with Crippen molar-refractivity contribution < 1.29 is 5.11 Å². The Morgan fingerprint density at radius 1 is 1.26 bits per heavy atom. The fraction of sp³-hybridized carbons (Fsp3) is 0.176. The highest BCUT2D eigenvalue weighted by Gasteiger charge is 2.14. The van der Waals surface area contributed by atoms with Crippen LogP contribution in [-0.4, -0.2) is 36.7 Å². The van der Waals surface area contributed by atoms with Gasteiger partial charge in [-0.15, -0.1) is 21.5 Å². The van der Waals surface area contributed by atoms with E-state index in [0.717, 1.165) is 10.4 Å². The summed E-state index contributed by atoms with van der Waals surface area (Å²) in [5.74, 6) is 0.524. The predicted octanol–water partition coefficient (Wildman–Crippen LogP) is 4.09. The molecule has 0 aliphatic carbocycles. The van der Waals surface area contributed by atoms with Crippen LogP contribution < -0.4 is 5.56 Å². The van der Waals surface area contributed by atoms with Crippen LogP contribution in [0.2, 0.25) is 5.02 Å². The minimum atomic E-state index is -0.430. The van der Waals surface area contributed by atoms with Gasteiger partial charge in [0.05, 0.1) is 11.6 Å². The molecule has 0 bridgehead atoms. The molecule has 10 heteroatoms. The molecule has 0 amide bonds. The maximum atomic E-state index is 12.9. The number of thioether (sulfide) groups is 1. The Labute approximate surface area is 171 Å². The largest absolute Gasteiger partial charge is 0.393 e. The van der Waals surface area contributed by atoms with Crippen LogP contribution in [0.1, 0.15) is 6.92 Å². The third-order valence-corrected chi connectivity index (χ3v) is 7.33. The third-order valence-electron chi connectivity index (χ3n) is 3.62. The Kier molecular flexibility index (Phi) is 5.29. The van der Waals surface area contributed by atoms with Gasteiger partial charge in [0.15, 0.2) is 4.34 Å². The van der Waals surface area contributed by atoms with Crippen LogP contribution in [0.4, 0.5) is 0 Å². The van der Waals surface area contributed by atoms with Crippen molar-refractivity contribution in [3.05, 3.63) is 52.0 Å². The molecule has 1 atom stereocenters. The van der Waals surface area contributed by atoms with Crippen LogP contribution in [0.3, 0.4) is 0 Å². The molecular formula is C17H13ClN4O2S3. The summed E-state index contributed by atoms with van der Waals surface area (Å²) in [6.45, 7) is 1.71. The molecule has 0 aliphatic rings. The molecule has 3 aromatic heterocycles. The summed E-state index contributed by atoms with van der Waals surface area (Å²) < 4.78 is 2.68. The topological polar surface area (TPSA) is 80.9 Å². The van der Waals surface area contributed by atoms with Crippen molar-refractivity contribution in [1.82, 2.24) is 19.7 Å². The Bertz CT molecular complexity index is 1150. The van der Waals surface area contributed by atoms with Gasteiger partial charge in [-0.2, -0.15) is 0 Å². The van der Waals surface area contributed by atoms with Gasteiger partial charge in [0.2, 0.25) is 5.13 Å². The Morgan fingerprint density at radius 2 is 2.04 bits per heavy atom. The summed E-state index contributed by atoms with van der Waals surface area (Å²) >= 11 is 10.0. The number of hydrogen-bond acceptors (Lipinski definition) is 8. The molecule has 0 radical (unpaired) electrons. The number of aliphatic hydroxyl groups excluding tert-OH is 1. The van der Waals surface area contributed by atoms with E-state index in [9.17, 15) is 9.90 Å². The van der Waals surface area contributed by atoms with Crippen molar-refractivity contribution in [3.8, 4) is 15.6 Å². The summed E-state index contributed by atoms with van der Waals surface area (Å²) in [6.07, 6.45) is 1.05. The standard InChI is InChI=1S/C17H13ClN4O2S3/c1-9(23)7-25-17-21-20-16(27-17)22-8-19-12-6-13(26-14(12)15(22)24)10-2-4-11(18)5-3-10/h2-6,8-9,23H,7H2,1H3. The highest BCUT2D eigenvalue weighted by atomic mass is 35.5. The van der Waals surface area contributed by atoms with E-state index in [2.05, 4.69) is 15.2 Å². The van der Waals surface area contributed by atoms with Crippen LogP contribution in [0, 0.1) is 0 Å². The van der Waals surface area contributed by atoms with Crippen LogP contribution in [0.5, 0.6) is 0 Å². The number of fused-ring (bicyclic) bond motifs is 1. The number of halogens is 1. The van der Waals surface area contributed by atoms with Crippen molar-refractivity contribution in [3.63, 3.8) is 0 Å². The van der Waals surface area contributed by atoms with E-state index in [1.807, 2.05) is 30.3 Å². The van der Waals surface area contributed by atoms with Crippen LogP contribution >= 0.6 is 46.0 Å². The zero-order chi connectivity index (χ0) is 19.0. The maximum Gasteiger partial charge on any atom is 0.277 e. The number of rotatable bonds is 5. The second-order valence-electron chi connectivity index (χ2n) is 5.76. The number of aromatic nitrogens is 4. The van der Waals surface area contributed by atoms with Crippen LogP contribution in [0.15, 0.2) is 45.8 Å². The van der Waals surface area contributed by atoms with E-state index in [1.54, 1.807) is 6.92 Å². The van der Waals surface area contributed by atoms with Gasteiger partial charge in [-0.05, 0) is 30.7 Å². The molecule has 1 unspecified atom stereocenters. The van der Waals surface area contributed by atoms with Crippen molar-refractivity contribution in [1.29, 1.82) is 0 Å². The molecule has 0 saturated carbocycles. The van der Waals surface area contributed by atoms with Crippen molar-refractivity contribution in [2.45, 2.75) is 17.4 Å². The maximum absolute atomic E-state index is 12.9. The highest BCUT2D eigenvalue weighted by Crippen LogP contribution is 2.32. The summed E-state index contributed by atoms with van der Waals surface area (Å²) in [5.41, 5.74) is 1.47. The van der Waals surface area contributed by atoms with Gasteiger partial charge in [-0.3, -0.25) is 4.79 Å². The molecule has 0 fully saturated rings. The molecule has 0 aliphatic heterocycles. The zero-order valence-electron chi connectivity index (χ0n) is 14.0. The van der Waals surface area contributed by atoms with E-state index in [0.29, 0.717) is 30.5 Å². The first-order valence-corrected chi connectivity index (χ1v) is 10.9. The number of hydrogen-bond donors (Lipinski definition) is 1. The number of thiophene rings is 1. The van der Waals surface area contributed by atoms with Crippen LogP contribution in [-0.2, 0) is 0 Å². The highest BCUT2D eigenvalue weighted by molar-refractivity contribution is 8.01. The Hall–Kier alpha value is -1.78. The molecule has 6 nitrogen and oxygen atoms in total. The molecule has 0 saturated heterocycles. The lowest BCUT2D eigenvalue weighted by Gasteiger charge is -1.99. The van der Waals surface area contributed by atoms with Gasteiger partial charge in [-0.25, -0.2) is 9.55 Å². The van der Waals surface area contributed by atoms with Gasteiger partial charge < -0.3 is 5.11 Å². The molecule has 4 rings (SSSR count). The molecule has 3 heterocycles. The normalized spacial score (nSPS) is 12.6. The summed E-state index contributed by atoms with van der Waals surface area (Å²) in [7, 11) is 0. The zero-order valence-corrected chi connectivity index (χ0v) is 17.2.